The molecule has 3 aromatic heterocycles. The van der Waals surface area contributed by atoms with Gasteiger partial charge in [0.05, 0.1) is 29.9 Å². The third-order valence-electron chi connectivity index (χ3n) is 6.87. The molecule has 0 radical (unpaired) electrons. The number of nitrogens with zero attached hydrogens (tertiary/aromatic N) is 3. The number of methoxy groups -OCH3 is 1. The zero-order chi connectivity index (χ0) is 22.2. The average molecular weight is 432 g/mol. The second-order valence-corrected chi connectivity index (χ2v) is 8.66. The van der Waals surface area contributed by atoms with Gasteiger partial charge in [-0.3, -0.25) is 4.98 Å². The summed E-state index contributed by atoms with van der Waals surface area (Å²) in [5.41, 5.74) is 3.85. The van der Waals surface area contributed by atoms with Gasteiger partial charge in [-0.05, 0) is 73.4 Å². The van der Waals surface area contributed by atoms with Crippen LogP contribution in [0.1, 0.15) is 66.3 Å². The number of benzene rings is 1. The molecule has 1 saturated carbocycles. The lowest BCUT2D eigenvalue weighted by Crippen LogP contribution is -2.19. The lowest BCUT2D eigenvalue weighted by atomic mass is 9.73. The van der Waals surface area contributed by atoms with Crippen molar-refractivity contribution >= 4 is 27.9 Å². The van der Waals surface area contributed by atoms with Crippen molar-refractivity contribution in [2.75, 3.05) is 7.11 Å². The highest BCUT2D eigenvalue weighted by Gasteiger charge is 2.29. The monoisotopic (exact) mass is 432 g/mol. The Morgan fingerprint density at radius 1 is 1.12 bits per heavy atom. The maximum absolute atomic E-state index is 13.8. The molecule has 0 bridgehead atoms. The number of nitrogens with one attached hydrogen (secondary N) is 1. The summed E-state index contributed by atoms with van der Waals surface area (Å²) in [6.07, 6.45) is 7.73. The Balaban J connectivity index is 1.32. The number of rotatable bonds is 4. The van der Waals surface area contributed by atoms with Crippen molar-refractivity contribution in [3.63, 3.8) is 0 Å². The highest BCUT2D eigenvalue weighted by molar-refractivity contribution is 5.91. The first kappa shape index (κ1) is 20.5. The van der Waals surface area contributed by atoms with Gasteiger partial charge < -0.3 is 9.72 Å². The van der Waals surface area contributed by atoms with Crippen LogP contribution in [-0.2, 0) is 4.74 Å². The molecular formula is C25H25FN4O2. The molecule has 5 rings (SSSR count). The third-order valence-corrected chi connectivity index (χ3v) is 6.87. The molecule has 0 aliphatic heterocycles. The summed E-state index contributed by atoms with van der Waals surface area (Å²) in [4.78, 5) is 28.4. The molecule has 0 saturated heterocycles. The summed E-state index contributed by atoms with van der Waals surface area (Å²) in [6.45, 7) is 2.20. The summed E-state index contributed by atoms with van der Waals surface area (Å²) in [7, 11) is 1.34. The molecule has 1 aliphatic carbocycles. The Labute approximate surface area is 185 Å². The quantitative estimate of drug-likeness (QED) is 0.430. The molecule has 6 nitrogen and oxygen atoms in total. The zero-order valence-electron chi connectivity index (χ0n) is 18.1. The van der Waals surface area contributed by atoms with E-state index in [-0.39, 0.29) is 17.4 Å². The SMILES string of the molecule is COC(=O)c1cc2nc([C@H](C)[C@H]3CC[C@@H](c4ccnc5ccc(F)cc54)CC3)[nH]c2cn1. The van der Waals surface area contributed by atoms with Gasteiger partial charge in [-0.25, -0.2) is 19.2 Å². The number of H-pyrrole nitrogens is 1. The molecule has 0 spiro atoms. The predicted molar refractivity (Wildman–Crippen MR) is 120 cm³/mol. The van der Waals surface area contributed by atoms with Crippen molar-refractivity contribution in [3.05, 3.63) is 65.6 Å². The van der Waals surface area contributed by atoms with Crippen molar-refractivity contribution in [2.45, 2.75) is 44.4 Å². The summed E-state index contributed by atoms with van der Waals surface area (Å²) >= 11 is 0. The van der Waals surface area contributed by atoms with Gasteiger partial charge in [0.1, 0.15) is 11.6 Å². The number of aromatic nitrogens is 4. The molecule has 3 heterocycles. The van der Waals surface area contributed by atoms with E-state index in [2.05, 4.69) is 21.9 Å². The number of ether oxygens (including phenoxy) is 1. The number of carbonyl (C=O) groups is 1. The number of aromatic amines is 1. The maximum Gasteiger partial charge on any atom is 0.356 e. The molecule has 1 aliphatic rings. The van der Waals surface area contributed by atoms with E-state index in [1.807, 2.05) is 12.3 Å². The van der Waals surface area contributed by atoms with Gasteiger partial charge in [0, 0.05) is 17.5 Å². The van der Waals surface area contributed by atoms with Crippen molar-refractivity contribution in [2.24, 2.45) is 5.92 Å². The second-order valence-electron chi connectivity index (χ2n) is 8.66. The van der Waals surface area contributed by atoms with Crippen molar-refractivity contribution in [1.82, 2.24) is 19.9 Å². The first-order chi connectivity index (χ1) is 15.5. The van der Waals surface area contributed by atoms with Crippen LogP contribution in [0, 0.1) is 11.7 Å². The van der Waals surface area contributed by atoms with Crippen LogP contribution < -0.4 is 0 Å². The fraction of sp³-hybridized carbons (Fsp3) is 0.360. The Morgan fingerprint density at radius 3 is 2.72 bits per heavy atom. The molecular weight excluding hydrogens is 407 g/mol. The van der Waals surface area contributed by atoms with E-state index >= 15 is 0 Å². The van der Waals surface area contributed by atoms with Gasteiger partial charge in [0.2, 0.25) is 0 Å². The molecule has 7 heteroatoms. The Hall–Kier alpha value is -3.35. The fourth-order valence-electron chi connectivity index (χ4n) is 5.01. The molecule has 164 valence electrons. The Morgan fingerprint density at radius 2 is 1.94 bits per heavy atom. The van der Waals surface area contributed by atoms with Gasteiger partial charge in [-0.2, -0.15) is 0 Å². The first-order valence-electron chi connectivity index (χ1n) is 11.0. The van der Waals surface area contributed by atoms with Crippen molar-refractivity contribution in [1.29, 1.82) is 0 Å². The van der Waals surface area contributed by atoms with E-state index < -0.39 is 5.97 Å². The Bertz CT molecular complexity index is 1290. The molecule has 1 N–H and O–H groups in total. The number of hydrogen-bond acceptors (Lipinski definition) is 5. The Kier molecular flexibility index (Phi) is 5.33. The molecule has 1 aromatic carbocycles. The highest BCUT2D eigenvalue weighted by atomic mass is 19.1. The highest BCUT2D eigenvalue weighted by Crippen LogP contribution is 2.42. The molecule has 4 aromatic rings. The van der Waals surface area contributed by atoms with Crippen LogP contribution in [0.25, 0.3) is 21.9 Å². The van der Waals surface area contributed by atoms with Crippen LogP contribution in [-0.4, -0.2) is 33.0 Å². The lowest BCUT2D eigenvalue weighted by Gasteiger charge is -2.32. The van der Waals surface area contributed by atoms with Gasteiger partial charge in [0.15, 0.2) is 5.69 Å². The molecule has 0 amide bonds. The summed E-state index contributed by atoms with van der Waals surface area (Å²) in [6, 6.07) is 8.54. The van der Waals surface area contributed by atoms with E-state index in [0.717, 1.165) is 53.4 Å². The standard InChI is InChI=1S/C25H25FN4O2/c1-14(24-29-21-12-22(25(31)32-2)28-13-23(21)30-24)15-3-5-16(6-4-15)18-9-10-27-20-8-7-17(26)11-19(18)20/h7-16H,3-6H2,1-2H3,(H,29,30)/t14-,15-,16+/m1/s1. The van der Waals surface area contributed by atoms with Gasteiger partial charge >= 0.3 is 5.97 Å². The normalized spacial score (nSPS) is 19.8. The maximum atomic E-state index is 13.8. The minimum Gasteiger partial charge on any atom is -0.464 e. The second kappa shape index (κ2) is 8.30. The fourth-order valence-corrected chi connectivity index (χ4v) is 5.01. The molecule has 0 unspecified atom stereocenters. The zero-order valence-corrected chi connectivity index (χ0v) is 18.1. The number of pyridine rings is 2. The smallest absolute Gasteiger partial charge is 0.356 e. The first-order valence-corrected chi connectivity index (χ1v) is 11.0. The van der Waals surface area contributed by atoms with Crippen LogP contribution in [0.4, 0.5) is 4.39 Å². The molecule has 1 fully saturated rings. The van der Waals surface area contributed by atoms with Crippen molar-refractivity contribution < 1.29 is 13.9 Å². The largest absolute Gasteiger partial charge is 0.464 e. The average Bonchev–Trinajstić information content (AvgIpc) is 3.26. The van der Waals surface area contributed by atoms with E-state index in [1.165, 1.54) is 18.7 Å². The van der Waals surface area contributed by atoms with Crippen LogP contribution in [0.15, 0.2) is 42.7 Å². The van der Waals surface area contributed by atoms with Crippen LogP contribution in [0.5, 0.6) is 0 Å². The number of hydrogen-bond donors (Lipinski definition) is 1. The molecule has 1 atom stereocenters. The van der Waals surface area contributed by atoms with E-state index in [0.29, 0.717) is 11.8 Å². The van der Waals surface area contributed by atoms with Crippen LogP contribution >= 0.6 is 0 Å². The number of carbonyl (C=O) groups excluding carboxylic acids is 1. The predicted octanol–water partition coefficient (Wildman–Crippen LogP) is 5.51. The van der Waals surface area contributed by atoms with Crippen LogP contribution in [0.3, 0.4) is 0 Å². The lowest BCUT2D eigenvalue weighted by molar-refractivity contribution is 0.0594. The number of imidazole rings is 1. The molecule has 32 heavy (non-hydrogen) atoms. The number of fused-ring (bicyclic) bond motifs is 2. The minimum absolute atomic E-state index is 0.219. The number of halogens is 1. The van der Waals surface area contributed by atoms with Gasteiger partial charge in [-0.15, -0.1) is 0 Å². The van der Waals surface area contributed by atoms with Gasteiger partial charge in [-0.1, -0.05) is 6.92 Å². The van der Waals surface area contributed by atoms with Crippen LogP contribution in [0.2, 0.25) is 0 Å². The minimum atomic E-state index is -0.466. The summed E-state index contributed by atoms with van der Waals surface area (Å²) < 4.78 is 18.6. The van der Waals surface area contributed by atoms with Crippen molar-refractivity contribution in [3.8, 4) is 0 Å². The van der Waals surface area contributed by atoms with E-state index in [9.17, 15) is 9.18 Å². The third kappa shape index (κ3) is 3.72. The van der Waals surface area contributed by atoms with Gasteiger partial charge in [0.25, 0.3) is 0 Å². The summed E-state index contributed by atoms with van der Waals surface area (Å²) in [5.74, 6) is 1.41. The number of esters is 1. The van der Waals surface area contributed by atoms with E-state index in [1.54, 1.807) is 24.4 Å². The summed E-state index contributed by atoms with van der Waals surface area (Å²) in [5, 5.41) is 0.926. The topological polar surface area (TPSA) is 80.8 Å². The van der Waals surface area contributed by atoms with E-state index in [4.69, 9.17) is 9.72 Å².